The summed E-state index contributed by atoms with van der Waals surface area (Å²) < 4.78 is 66.2. The van der Waals surface area contributed by atoms with Crippen LogP contribution in [0.3, 0.4) is 0 Å². The Kier molecular flexibility index (Phi) is 4.56. The van der Waals surface area contributed by atoms with Gasteiger partial charge in [0.2, 0.25) is 0 Å². The molecular formula is C7H5AgF3O3S. The van der Waals surface area contributed by atoms with Crippen molar-refractivity contribution < 1.29 is 48.5 Å². The average Bonchev–Trinajstić information content (AvgIpc) is 2.01. The minimum Gasteiger partial charge on any atom is -0.282 e. The van der Waals surface area contributed by atoms with E-state index in [4.69, 9.17) is 4.55 Å². The summed E-state index contributed by atoms with van der Waals surface area (Å²) in [6.07, 6.45) is -4.80. The Labute approximate surface area is 99.6 Å². The Morgan fingerprint density at radius 2 is 1.60 bits per heavy atom. The molecule has 1 rings (SSSR count). The molecule has 0 unspecified atom stereocenters. The zero-order chi connectivity index (χ0) is 11.0. The van der Waals surface area contributed by atoms with Gasteiger partial charge in [0.1, 0.15) is 4.90 Å². The van der Waals surface area contributed by atoms with Crippen molar-refractivity contribution in [1.29, 1.82) is 0 Å². The van der Waals surface area contributed by atoms with Gasteiger partial charge in [-0.2, -0.15) is 21.6 Å². The van der Waals surface area contributed by atoms with Crippen LogP contribution in [0.4, 0.5) is 13.2 Å². The van der Waals surface area contributed by atoms with Crippen LogP contribution in [-0.2, 0) is 38.7 Å². The van der Waals surface area contributed by atoms with E-state index in [1.807, 2.05) is 0 Å². The number of benzene rings is 1. The predicted octanol–water partition coefficient (Wildman–Crippen LogP) is 1.95. The Hall–Kier alpha value is -0.340. The molecule has 0 aliphatic carbocycles. The Balaban J connectivity index is 0.00000196. The summed E-state index contributed by atoms with van der Waals surface area (Å²) in [4.78, 5) is -1.13. The monoisotopic (exact) mass is 333 g/mol. The van der Waals surface area contributed by atoms with E-state index in [9.17, 15) is 21.6 Å². The molecule has 0 aromatic heterocycles. The molecule has 0 aliphatic rings. The molecule has 1 N–H and O–H groups in total. The molecule has 0 heterocycles. The summed E-state index contributed by atoms with van der Waals surface area (Å²) >= 11 is 0. The van der Waals surface area contributed by atoms with E-state index < -0.39 is 26.8 Å². The van der Waals surface area contributed by atoms with E-state index in [1.54, 1.807) is 0 Å². The van der Waals surface area contributed by atoms with Crippen molar-refractivity contribution in [2.45, 2.75) is 11.1 Å². The van der Waals surface area contributed by atoms with Crippen LogP contribution in [0.1, 0.15) is 5.56 Å². The maximum atomic E-state index is 12.2. The number of hydrogen-bond donors (Lipinski definition) is 1. The molecule has 8 heteroatoms. The first-order valence-electron chi connectivity index (χ1n) is 3.36. The van der Waals surface area contributed by atoms with Crippen molar-refractivity contribution >= 4 is 10.1 Å². The summed E-state index contributed by atoms with van der Waals surface area (Å²) in [6.45, 7) is 0. The van der Waals surface area contributed by atoms with Crippen LogP contribution < -0.4 is 0 Å². The van der Waals surface area contributed by atoms with Gasteiger partial charge in [-0.3, -0.25) is 4.55 Å². The fourth-order valence-corrected chi connectivity index (χ4v) is 1.64. The van der Waals surface area contributed by atoms with Crippen LogP contribution in [0.5, 0.6) is 0 Å². The van der Waals surface area contributed by atoms with Gasteiger partial charge in [-0.15, -0.1) is 0 Å². The van der Waals surface area contributed by atoms with Crippen LogP contribution in [0.2, 0.25) is 0 Å². The third-order valence-electron chi connectivity index (χ3n) is 1.47. The van der Waals surface area contributed by atoms with Crippen LogP contribution in [0, 0.1) is 0 Å². The number of rotatable bonds is 1. The fraction of sp³-hybridized carbons (Fsp3) is 0.143. The smallest absolute Gasteiger partial charge is 0.282 e. The largest absolute Gasteiger partial charge is 0.417 e. The summed E-state index contributed by atoms with van der Waals surface area (Å²) in [5.41, 5.74) is -1.37. The van der Waals surface area contributed by atoms with Gasteiger partial charge in [-0.1, -0.05) is 12.1 Å². The molecule has 0 bridgehead atoms. The molecule has 0 saturated heterocycles. The summed E-state index contributed by atoms with van der Waals surface area (Å²) in [5.74, 6) is 0. The molecule has 15 heavy (non-hydrogen) atoms. The molecule has 1 aromatic rings. The van der Waals surface area contributed by atoms with Gasteiger partial charge in [-0.25, -0.2) is 0 Å². The SMILES string of the molecule is O=S(=O)(O)c1ccccc1C(F)(F)F.[Ag]. The molecule has 0 atom stereocenters. The zero-order valence-electron chi connectivity index (χ0n) is 6.92. The van der Waals surface area contributed by atoms with Gasteiger partial charge in [0.25, 0.3) is 10.1 Å². The normalized spacial score (nSPS) is 12.0. The molecule has 0 amide bonds. The Morgan fingerprint density at radius 3 is 1.93 bits per heavy atom. The van der Waals surface area contributed by atoms with Crippen LogP contribution in [-0.4, -0.2) is 13.0 Å². The van der Waals surface area contributed by atoms with Crippen LogP contribution >= 0.6 is 0 Å². The van der Waals surface area contributed by atoms with Gasteiger partial charge < -0.3 is 0 Å². The quantitative estimate of drug-likeness (QED) is 0.631. The van der Waals surface area contributed by atoms with Crippen molar-refractivity contribution in [1.82, 2.24) is 0 Å². The van der Waals surface area contributed by atoms with Crippen LogP contribution in [0.25, 0.3) is 0 Å². The molecule has 1 aromatic carbocycles. The molecule has 3 nitrogen and oxygen atoms in total. The topological polar surface area (TPSA) is 54.4 Å². The van der Waals surface area contributed by atoms with Gasteiger partial charge in [0, 0.05) is 22.4 Å². The molecule has 0 fully saturated rings. The first-order valence-corrected chi connectivity index (χ1v) is 4.80. The van der Waals surface area contributed by atoms with Crippen molar-refractivity contribution in [2.75, 3.05) is 0 Å². The summed E-state index contributed by atoms with van der Waals surface area (Å²) in [6, 6.07) is 3.41. The van der Waals surface area contributed by atoms with Crippen molar-refractivity contribution in [3.05, 3.63) is 29.8 Å². The third kappa shape index (κ3) is 3.62. The predicted molar refractivity (Wildman–Crippen MR) is 41.3 cm³/mol. The molecule has 1 radical (unpaired) electrons. The van der Waals surface area contributed by atoms with Crippen LogP contribution in [0.15, 0.2) is 29.2 Å². The van der Waals surface area contributed by atoms with Gasteiger partial charge in [-0.05, 0) is 12.1 Å². The fourth-order valence-electron chi connectivity index (χ4n) is 0.926. The van der Waals surface area contributed by atoms with E-state index in [2.05, 4.69) is 0 Å². The van der Waals surface area contributed by atoms with E-state index in [-0.39, 0.29) is 22.4 Å². The molecular weight excluding hydrogens is 329 g/mol. The standard InChI is InChI=1S/C7H5F3O3S.Ag/c8-7(9,10)5-3-1-2-4-6(5)14(11,12)13;/h1-4H,(H,11,12,13);. The number of hydrogen-bond acceptors (Lipinski definition) is 2. The molecule has 0 spiro atoms. The van der Waals surface area contributed by atoms with Gasteiger partial charge >= 0.3 is 6.18 Å². The Morgan fingerprint density at radius 1 is 1.13 bits per heavy atom. The van der Waals surface area contributed by atoms with Gasteiger partial charge in [0.15, 0.2) is 0 Å². The maximum absolute atomic E-state index is 12.2. The molecule has 0 aliphatic heterocycles. The average molecular weight is 334 g/mol. The van der Waals surface area contributed by atoms with Crippen molar-refractivity contribution in [2.24, 2.45) is 0 Å². The van der Waals surface area contributed by atoms with E-state index >= 15 is 0 Å². The Bertz CT molecular complexity index is 441. The summed E-state index contributed by atoms with van der Waals surface area (Å²) in [7, 11) is -4.84. The first-order chi connectivity index (χ1) is 6.23. The van der Waals surface area contributed by atoms with Crippen molar-refractivity contribution in [3.63, 3.8) is 0 Å². The minimum atomic E-state index is -4.84. The number of halogens is 3. The second-order valence-electron chi connectivity index (χ2n) is 2.47. The van der Waals surface area contributed by atoms with Gasteiger partial charge in [0.05, 0.1) is 5.56 Å². The molecule has 89 valence electrons. The maximum Gasteiger partial charge on any atom is 0.417 e. The van der Waals surface area contributed by atoms with E-state index in [0.29, 0.717) is 12.1 Å². The van der Waals surface area contributed by atoms with E-state index in [0.717, 1.165) is 12.1 Å². The molecule has 0 saturated carbocycles. The summed E-state index contributed by atoms with van der Waals surface area (Å²) in [5, 5.41) is 0. The second kappa shape index (κ2) is 4.67. The minimum absolute atomic E-state index is 0. The van der Waals surface area contributed by atoms with Crippen molar-refractivity contribution in [3.8, 4) is 0 Å². The second-order valence-corrected chi connectivity index (χ2v) is 3.86. The number of alkyl halides is 3. The third-order valence-corrected chi connectivity index (χ3v) is 2.38. The zero-order valence-corrected chi connectivity index (χ0v) is 9.22. The first kappa shape index (κ1) is 14.7. The van der Waals surface area contributed by atoms with E-state index in [1.165, 1.54) is 0 Å².